The number of aliphatic imine (C=N–C) groups is 1. The van der Waals surface area contributed by atoms with Crippen molar-refractivity contribution in [2.45, 2.75) is 19.6 Å². The molecule has 0 saturated carbocycles. The number of guanidine groups is 1. The molecule has 2 aromatic rings. The molecule has 1 unspecified atom stereocenters. The van der Waals surface area contributed by atoms with Crippen molar-refractivity contribution in [3.05, 3.63) is 54.1 Å². The average Bonchev–Trinajstić information content (AvgIpc) is 3.02. The second kappa shape index (κ2) is 11.8. The molecule has 6 nitrogen and oxygen atoms in total. The maximum Gasteiger partial charge on any atom is 0.194 e. The fourth-order valence-corrected chi connectivity index (χ4v) is 2.42. The van der Waals surface area contributed by atoms with Crippen molar-refractivity contribution in [2.75, 3.05) is 26.7 Å². The maximum atomic E-state index is 12.9. The Balaban J connectivity index is 0.00000364. The first kappa shape index (κ1) is 23.2. The van der Waals surface area contributed by atoms with Gasteiger partial charge in [-0.05, 0) is 43.3 Å². The van der Waals surface area contributed by atoms with Crippen molar-refractivity contribution < 1.29 is 14.2 Å². The molecule has 1 aromatic carbocycles. The van der Waals surface area contributed by atoms with Crippen molar-refractivity contribution in [3.8, 4) is 5.75 Å². The molecule has 2 rings (SSSR count). The predicted molar refractivity (Wildman–Crippen MR) is 116 cm³/mol. The van der Waals surface area contributed by atoms with Gasteiger partial charge in [0.15, 0.2) is 5.96 Å². The number of aliphatic hydroxyl groups excluding tert-OH is 1. The number of halogens is 2. The quantitative estimate of drug-likeness (QED) is 0.340. The molecular formula is C19H28FIN4O2. The van der Waals surface area contributed by atoms with Crippen molar-refractivity contribution in [1.82, 2.24) is 14.8 Å². The molecule has 0 bridgehead atoms. The molecule has 8 heteroatoms. The topological polar surface area (TPSA) is 62.0 Å². The number of ether oxygens (including phenoxy) is 1. The Hall–Kier alpha value is -1.81. The Kier molecular flexibility index (Phi) is 10.2. The van der Waals surface area contributed by atoms with Crippen molar-refractivity contribution in [3.63, 3.8) is 0 Å². The molecule has 0 aliphatic rings. The van der Waals surface area contributed by atoms with Crippen LogP contribution in [0.1, 0.15) is 12.6 Å². The largest absolute Gasteiger partial charge is 0.491 e. The number of aromatic nitrogens is 1. The van der Waals surface area contributed by atoms with Crippen molar-refractivity contribution in [1.29, 1.82) is 0 Å². The lowest BCUT2D eigenvalue weighted by Crippen LogP contribution is -2.39. The van der Waals surface area contributed by atoms with Crippen molar-refractivity contribution >= 4 is 29.9 Å². The van der Waals surface area contributed by atoms with Crippen molar-refractivity contribution in [2.24, 2.45) is 12.0 Å². The third-order valence-corrected chi connectivity index (χ3v) is 3.85. The molecule has 1 heterocycles. The van der Waals surface area contributed by atoms with Crippen LogP contribution in [0.4, 0.5) is 4.39 Å². The number of nitrogens with one attached hydrogen (secondary N) is 1. The van der Waals surface area contributed by atoms with E-state index in [0.717, 1.165) is 12.5 Å². The van der Waals surface area contributed by atoms with Gasteiger partial charge in [0, 0.05) is 32.5 Å². The number of rotatable bonds is 8. The van der Waals surface area contributed by atoms with Crippen LogP contribution in [0, 0.1) is 5.82 Å². The zero-order valence-corrected chi connectivity index (χ0v) is 18.3. The SMILES string of the molecule is CCNC(=NCC(O)COc1ccc(F)cc1)N(C)Cc1cccn1C.I. The number of hydrogen-bond acceptors (Lipinski definition) is 3. The van der Waals surface area contributed by atoms with Gasteiger partial charge in [0.2, 0.25) is 0 Å². The van der Waals surface area contributed by atoms with Crippen LogP contribution in [0.15, 0.2) is 47.6 Å². The van der Waals surface area contributed by atoms with Gasteiger partial charge < -0.3 is 24.6 Å². The van der Waals surface area contributed by atoms with E-state index in [-0.39, 0.29) is 42.9 Å². The number of nitrogens with zero attached hydrogens (tertiary/aromatic N) is 3. The van der Waals surface area contributed by atoms with Crippen LogP contribution in [-0.2, 0) is 13.6 Å². The smallest absolute Gasteiger partial charge is 0.194 e. The Labute approximate surface area is 177 Å². The highest BCUT2D eigenvalue weighted by atomic mass is 127. The minimum Gasteiger partial charge on any atom is -0.491 e. The number of aliphatic hydroxyl groups is 1. The summed E-state index contributed by atoms with van der Waals surface area (Å²) in [6.07, 6.45) is 1.25. The summed E-state index contributed by atoms with van der Waals surface area (Å²) in [6.45, 7) is 3.74. The van der Waals surface area contributed by atoms with Crippen LogP contribution in [0.25, 0.3) is 0 Å². The molecule has 0 aliphatic heterocycles. The summed E-state index contributed by atoms with van der Waals surface area (Å²) in [7, 11) is 3.96. The zero-order valence-electron chi connectivity index (χ0n) is 15.9. The van der Waals surface area contributed by atoms with E-state index >= 15 is 0 Å². The Bertz CT molecular complexity index is 706. The van der Waals surface area contributed by atoms with E-state index in [2.05, 4.69) is 20.9 Å². The normalized spacial score (nSPS) is 12.3. The van der Waals surface area contributed by atoms with Gasteiger partial charge in [-0.3, -0.25) is 4.99 Å². The first-order valence-corrected chi connectivity index (χ1v) is 8.65. The van der Waals surface area contributed by atoms with Crippen LogP contribution < -0.4 is 10.1 Å². The fraction of sp³-hybridized carbons (Fsp3) is 0.421. The minimum atomic E-state index is -0.753. The lowest BCUT2D eigenvalue weighted by Gasteiger charge is -2.23. The van der Waals surface area contributed by atoms with E-state index in [4.69, 9.17) is 4.74 Å². The molecule has 0 fully saturated rings. The molecular weight excluding hydrogens is 462 g/mol. The third-order valence-electron chi connectivity index (χ3n) is 3.85. The third kappa shape index (κ3) is 7.76. The van der Waals surface area contributed by atoms with Gasteiger partial charge in [0.05, 0.1) is 13.1 Å². The van der Waals surface area contributed by atoms with Gasteiger partial charge >= 0.3 is 0 Å². The first-order chi connectivity index (χ1) is 12.5. The minimum absolute atomic E-state index is 0. The molecule has 150 valence electrons. The van der Waals surface area contributed by atoms with Crippen LogP contribution in [0.3, 0.4) is 0 Å². The van der Waals surface area contributed by atoms with Crippen LogP contribution in [0.5, 0.6) is 5.75 Å². The summed E-state index contributed by atoms with van der Waals surface area (Å²) in [5, 5.41) is 13.3. The Morgan fingerprint density at radius 2 is 2.04 bits per heavy atom. The molecule has 0 aliphatic carbocycles. The summed E-state index contributed by atoms with van der Waals surface area (Å²) >= 11 is 0. The van der Waals surface area contributed by atoms with Crippen LogP contribution in [-0.4, -0.2) is 53.4 Å². The second-order valence-electron chi connectivity index (χ2n) is 6.08. The summed E-state index contributed by atoms with van der Waals surface area (Å²) < 4.78 is 20.4. The average molecular weight is 490 g/mol. The van der Waals surface area contributed by atoms with E-state index in [1.807, 2.05) is 38.2 Å². The highest BCUT2D eigenvalue weighted by molar-refractivity contribution is 14.0. The Morgan fingerprint density at radius 3 is 2.63 bits per heavy atom. The summed E-state index contributed by atoms with van der Waals surface area (Å²) in [6, 6.07) is 9.77. The molecule has 0 amide bonds. The molecule has 0 saturated heterocycles. The number of hydrogen-bond donors (Lipinski definition) is 2. The van der Waals surface area contributed by atoms with E-state index in [1.54, 1.807) is 0 Å². The lowest BCUT2D eigenvalue weighted by atomic mass is 10.3. The van der Waals surface area contributed by atoms with E-state index in [1.165, 1.54) is 30.0 Å². The number of aryl methyl sites for hydroxylation is 1. The fourth-order valence-electron chi connectivity index (χ4n) is 2.42. The molecule has 0 radical (unpaired) electrons. The summed E-state index contributed by atoms with van der Waals surface area (Å²) in [5.74, 6) is 0.913. The Morgan fingerprint density at radius 1 is 1.33 bits per heavy atom. The predicted octanol–water partition coefficient (Wildman–Crippen LogP) is 2.62. The molecule has 1 atom stereocenters. The van der Waals surface area contributed by atoms with Gasteiger partial charge in [-0.15, -0.1) is 24.0 Å². The highest BCUT2D eigenvalue weighted by Gasteiger charge is 2.10. The van der Waals surface area contributed by atoms with Crippen LogP contribution in [0.2, 0.25) is 0 Å². The molecule has 27 heavy (non-hydrogen) atoms. The van der Waals surface area contributed by atoms with E-state index < -0.39 is 6.10 Å². The van der Waals surface area contributed by atoms with Crippen LogP contribution >= 0.6 is 24.0 Å². The monoisotopic (exact) mass is 490 g/mol. The zero-order chi connectivity index (χ0) is 18.9. The standard InChI is InChI=1S/C19H27FN4O2.HI/c1-4-21-19(24(3)13-16-6-5-11-23(16)2)22-12-17(25)14-26-18-9-7-15(20)8-10-18;/h5-11,17,25H,4,12-14H2,1-3H3,(H,21,22);1H. The van der Waals surface area contributed by atoms with Gasteiger partial charge in [-0.2, -0.15) is 0 Å². The summed E-state index contributed by atoms with van der Waals surface area (Å²) in [5.41, 5.74) is 1.17. The van der Waals surface area contributed by atoms with Gasteiger partial charge in [0.25, 0.3) is 0 Å². The number of benzene rings is 1. The molecule has 0 spiro atoms. The summed E-state index contributed by atoms with van der Waals surface area (Å²) in [4.78, 5) is 6.49. The second-order valence-corrected chi connectivity index (χ2v) is 6.08. The van der Waals surface area contributed by atoms with Gasteiger partial charge in [-0.1, -0.05) is 0 Å². The van der Waals surface area contributed by atoms with E-state index in [0.29, 0.717) is 12.3 Å². The van der Waals surface area contributed by atoms with Gasteiger partial charge in [0.1, 0.15) is 24.3 Å². The van der Waals surface area contributed by atoms with Gasteiger partial charge in [-0.25, -0.2) is 4.39 Å². The lowest BCUT2D eigenvalue weighted by molar-refractivity contribution is 0.114. The maximum absolute atomic E-state index is 12.9. The molecule has 1 aromatic heterocycles. The molecule has 2 N–H and O–H groups in total. The highest BCUT2D eigenvalue weighted by Crippen LogP contribution is 2.11. The first-order valence-electron chi connectivity index (χ1n) is 8.65. The van der Waals surface area contributed by atoms with E-state index in [9.17, 15) is 9.50 Å².